The van der Waals surface area contributed by atoms with Gasteiger partial charge < -0.3 is 9.26 Å². The maximum atomic E-state index is 12.8. The van der Waals surface area contributed by atoms with Crippen molar-refractivity contribution in [2.75, 3.05) is 26.7 Å². The van der Waals surface area contributed by atoms with Crippen molar-refractivity contribution in [3.8, 4) is 17.1 Å². The molecule has 1 aromatic heterocycles. The second kappa shape index (κ2) is 10.9. The van der Waals surface area contributed by atoms with Crippen LogP contribution >= 0.6 is 15.9 Å². The topological polar surface area (TPSA) is 97.6 Å². The maximum absolute atomic E-state index is 12.8. The minimum Gasteiger partial charge on any atom is -0.495 e. The molecular weight excluding hydrogens is 565 g/mol. The van der Waals surface area contributed by atoms with Crippen LogP contribution in [0, 0.1) is 5.92 Å². The van der Waals surface area contributed by atoms with Crippen molar-refractivity contribution in [2.45, 2.75) is 30.5 Å². The third kappa shape index (κ3) is 6.44. The van der Waals surface area contributed by atoms with Crippen LogP contribution in [0.1, 0.15) is 24.3 Å². The lowest BCUT2D eigenvalue weighted by molar-refractivity contribution is -0.137. The van der Waals surface area contributed by atoms with E-state index in [-0.39, 0.29) is 22.4 Å². The fourth-order valence-corrected chi connectivity index (χ4v) is 5.77. The van der Waals surface area contributed by atoms with Crippen LogP contribution < -0.4 is 9.46 Å². The normalized spacial score (nSPS) is 15.8. The van der Waals surface area contributed by atoms with Gasteiger partial charge in [-0.25, -0.2) is 13.1 Å². The number of aromatic nitrogens is 2. The number of rotatable bonds is 8. The van der Waals surface area contributed by atoms with Gasteiger partial charge in [-0.1, -0.05) is 33.2 Å². The molecule has 36 heavy (non-hydrogen) atoms. The fraction of sp³-hybridized carbons (Fsp3) is 0.391. The molecule has 1 N–H and O–H groups in total. The highest BCUT2D eigenvalue weighted by atomic mass is 79.9. The number of likely N-dealkylation sites (tertiary alicyclic amines) is 1. The minimum atomic E-state index is -4.40. The van der Waals surface area contributed by atoms with Gasteiger partial charge in [-0.2, -0.15) is 18.2 Å². The number of benzene rings is 2. The summed E-state index contributed by atoms with van der Waals surface area (Å²) in [4.78, 5) is 6.50. The number of ether oxygens (including phenoxy) is 1. The van der Waals surface area contributed by atoms with E-state index in [0.29, 0.717) is 42.1 Å². The maximum Gasteiger partial charge on any atom is 0.416 e. The highest BCUT2D eigenvalue weighted by Crippen LogP contribution is 2.31. The van der Waals surface area contributed by atoms with E-state index in [9.17, 15) is 21.6 Å². The van der Waals surface area contributed by atoms with Crippen LogP contribution in [0.3, 0.4) is 0 Å². The molecule has 0 spiro atoms. The first-order valence-corrected chi connectivity index (χ1v) is 13.4. The van der Waals surface area contributed by atoms with E-state index in [2.05, 4.69) is 35.7 Å². The first-order chi connectivity index (χ1) is 17.0. The van der Waals surface area contributed by atoms with E-state index in [0.717, 1.165) is 25.0 Å². The molecule has 0 aliphatic carbocycles. The number of nitrogens with one attached hydrogen (secondary N) is 1. The first-order valence-electron chi connectivity index (χ1n) is 11.1. The van der Waals surface area contributed by atoms with Crippen LogP contribution in [-0.2, 0) is 22.7 Å². The average molecular weight is 589 g/mol. The molecule has 1 aliphatic heterocycles. The first kappa shape index (κ1) is 26.6. The molecule has 0 saturated carbocycles. The summed E-state index contributed by atoms with van der Waals surface area (Å²) in [5.74, 6) is 1.03. The molecule has 1 saturated heterocycles. The molecule has 1 aliphatic rings. The minimum absolute atomic E-state index is 0.0806. The Morgan fingerprint density at radius 2 is 1.86 bits per heavy atom. The molecule has 13 heteroatoms. The summed E-state index contributed by atoms with van der Waals surface area (Å²) < 4.78 is 77.6. The summed E-state index contributed by atoms with van der Waals surface area (Å²) in [6, 6.07) is 9.41. The Bertz CT molecular complexity index is 1290. The van der Waals surface area contributed by atoms with E-state index in [4.69, 9.17) is 9.26 Å². The predicted octanol–water partition coefficient (Wildman–Crippen LogP) is 4.72. The Labute approximate surface area is 215 Å². The van der Waals surface area contributed by atoms with Crippen molar-refractivity contribution < 1.29 is 30.8 Å². The molecule has 0 radical (unpaired) electrons. The molecule has 0 unspecified atom stereocenters. The van der Waals surface area contributed by atoms with Gasteiger partial charge in [0.2, 0.25) is 21.7 Å². The van der Waals surface area contributed by atoms with E-state index in [1.165, 1.54) is 25.3 Å². The Hall–Kier alpha value is -2.48. The Morgan fingerprint density at radius 3 is 2.50 bits per heavy atom. The summed E-state index contributed by atoms with van der Waals surface area (Å²) >= 11 is 3.29. The van der Waals surface area contributed by atoms with E-state index in [1.807, 2.05) is 0 Å². The molecule has 1 fully saturated rings. The Kier molecular flexibility index (Phi) is 8.03. The smallest absolute Gasteiger partial charge is 0.416 e. The molecule has 3 aromatic rings. The highest BCUT2D eigenvalue weighted by Gasteiger charge is 2.30. The molecule has 2 heterocycles. The second-order valence-corrected chi connectivity index (χ2v) is 11.1. The average Bonchev–Trinajstić information content (AvgIpc) is 3.31. The van der Waals surface area contributed by atoms with Gasteiger partial charge in [0.05, 0.1) is 19.2 Å². The SMILES string of the molecule is COc1ccc(Br)cc1S(=O)(=O)NCC1CCN(Cc2nc(-c3ccc(C(F)(F)F)cc3)no2)CC1. The van der Waals surface area contributed by atoms with Crippen molar-refractivity contribution in [3.63, 3.8) is 0 Å². The number of sulfonamides is 1. The summed E-state index contributed by atoms with van der Waals surface area (Å²) in [6.45, 7) is 2.14. The number of alkyl halides is 3. The number of halogens is 4. The number of nitrogens with zero attached hydrogens (tertiary/aromatic N) is 3. The van der Waals surface area contributed by atoms with Crippen LogP contribution in [0.2, 0.25) is 0 Å². The van der Waals surface area contributed by atoms with E-state index < -0.39 is 21.8 Å². The molecule has 0 bridgehead atoms. The van der Waals surface area contributed by atoms with Crippen LogP contribution in [0.4, 0.5) is 13.2 Å². The summed E-state index contributed by atoms with van der Waals surface area (Å²) in [5, 5.41) is 3.88. The fourth-order valence-electron chi connectivity index (χ4n) is 3.95. The van der Waals surface area contributed by atoms with E-state index in [1.54, 1.807) is 12.1 Å². The lowest BCUT2D eigenvalue weighted by Gasteiger charge is -2.30. The zero-order valence-corrected chi connectivity index (χ0v) is 21.7. The molecule has 2 aromatic carbocycles. The monoisotopic (exact) mass is 588 g/mol. The number of hydrogen-bond acceptors (Lipinski definition) is 7. The largest absolute Gasteiger partial charge is 0.495 e. The van der Waals surface area contributed by atoms with Crippen molar-refractivity contribution in [3.05, 3.63) is 58.4 Å². The standard InChI is InChI=1S/C23H24BrF3N4O4S/c1-34-19-7-6-18(24)12-20(19)36(32,33)28-13-15-8-10-31(11-9-15)14-21-29-22(30-35-21)16-2-4-17(5-3-16)23(25,26)27/h2-7,12,15,28H,8-11,13-14H2,1H3. The lowest BCUT2D eigenvalue weighted by atomic mass is 9.97. The molecule has 8 nitrogen and oxygen atoms in total. The third-order valence-corrected chi connectivity index (χ3v) is 7.92. The van der Waals surface area contributed by atoms with Gasteiger partial charge in [0.15, 0.2) is 0 Å². The summed E-state index contributed by atoms with van der Waals surface area (Å²) in [7, 11) is -2.31. The van der Waals surface area contributed by atoms with Gasteiger partial charge in [0.25, 0.3) is 0 Å². The van der Waals surface area contributed by atoms with Gasteiger partial charge in [-0.05, 0) is 62.2 Å². The highest BCUT2D eigenvalue weighted by molar-refractivity contribution is 9.10. The van der Waals surface area contributed by atoms with Gasteiger partial charge in [0, 0.05) is 16.6 Å². The molecule has 4 rings (SSSR count). The lowest BCUT2D eigenvalue weighted by Crippen LogP contribution is -2.38. The van der Waals surface area contributed by atoms with Crippen molar-refractivity contribution >= 4 is 26.0 Å². The molecular formula is C23H24BrF3N4O4S. The molecule has 194 valence electrons. The van der Waals surface area contributed by atoms with Gasteiger partial charge in [-0.15, -0.1) is 0 Å². The summed E-state index contributed by atoms with van der Waals surface area (Å²) in [5.41, 5.74) is -0.304. The van der Waals surface area contributed by atoms with Gasteiger partial charge in [0.1, 0.15) is 10.6 Å². The van der Waals surface area contributed by atoms with Crippen molar-refractivity contribution in [1.29, 1.82) is 0 Å². The predicted molar refractivity (Wildman–Crippen MR) is 129 cm³/mol. The van der Waals surface area contributed by atoms with Crippen LogP contribution in [0.25, 0.3) is 11.4 Å². The quantitative estimate of drug-likeness (QED) is 0.406. The van der Waals surface area contributed by atoms with Gasteiger partial charge >= 0.3 is 6.18 Å². The molecule has 0 atom stereocenters. The summed E-state index contributed by atoms with van der Waals surface area (Å²) in [6.07, 6.45) is -2.85. The van der Waals surface area contributed by atoms with Crippen LogP contribution in [0.5, 0.6) is 5.75 Å². The van der Waals surface area contributed by atoms with Crippen LogP contribution in [0.15, 0.2) is 56.4 Å². The zero-order valence-electron chi connectivity index (χ0n) is 19.3. The Balaban J connectivity index is 1.28. The van der Waals surface area contributed by atoms with E-state index >= 15 is 0 Å². The van der Waals surface area contributed by atoms with Crippen LogP contribution in [-0.4, -0.2) is 50.2 Å². The second-order valence-electron chi connectivity index (χ2n) is 8.45. The van der Waals surface area contributed by atoms with Gasteiger partial charge in [-0.3, -0.25) is 4.90 Å². The Morgan fingerprint density at radius 1 is 1.17 bits per heavy atom. The molecule has 0 amide bonds. The number of methoxy groups -OCH3 is 1. The number of piperidine rings is 1. The van der Waals surface area contributed by atoms with Crippen molar-refractivity contribution in [1.82, 2.24) is 19.8 Å². The van der Waals surface area contributed by atoms with Crippen molar-refractivity contribution in [2.24, 2.45) is 5.92 Å². The third-order valence-electron chi connectivity index (χ3n) is 5.98. The number of hydrogen-bond donors (Lipinski definition) is 1. The zero-order chi connectivity index (χ0) is 25.9.